The van der Waals surface area contributed by atoms with E-state index >= 15 is 0 Å². The molecule has 13 N–H and O–H groups in total. The standard InChI is InChI=1S/C50H75N9O13S2/c1-28(2)24-37(57-43(64)33(51)25-31-14-10-8-11-15-31)46(67)58-41(29(3)4)48(69)55-34(18-19-40(62)63)45(66)54-35(20-22-73-6)44(65)52-27-39(61)53-38(26-32-16-12-9-13-17-32)47(68)59-42(30(5)60)49(70)56-36(50(71)72)21-23-74-7/h8-17,28-30,33-38,41-42,60H,18-27,51H2,1-7H3,(H,52,65)(H,53,61)(H,54,66)(H,55,69)(H,56,70)(H,57,64)(H,58,67)(H,59,68)(H,62,63)(H,71,72)/t30-,33+,34+,35+,36+,37+,38+,41+,42+/m1/s1. The molecule has 2 aromatic carbocycles. The third-order valence-corrected chi connectivity index (χ3v) is 12.7. The highest BCUT2D eigenvalue weighted by molar-refractivity contribution is 7.98. The number of carbonyl (C=O) groups is 10. The molecule has 0 aliphatic rings. The summed E-state index contributed by atoms with van der Waals surface area (Å²) >= 11 is 2.69. The molecule has 0 aliphatic carbocycles. The normalized spacial score (nSPS) is 14.8. The number of nitrogens with one attached hydrogen (secondary N) is 8. The van der Waals surface area contributed by atoms with Crippen LogP contribution in [0.1, 0.15) is 77.8 Å². The van der Waals surface area contributed by atoms with E-state index in [9.17, 15) is 63.3 Å². The molecule has 0 unspecified atom stereocenters. The molecule has 8 amide bonds. The van der Waals surface area contributed by atoms with Crippen LogP contribution in [-0.4, -0.2) is 160 Å². The molecule has 0 heterocycles. The minimum atomic E-state index is -1.62. The minimum absolute atomic E-state index is 0.0183. The van der Waals surface area contributed by atoms with Gasteiger partial charge in [-0.2, -0.15) is 23.5 Å². The molecule has 2 rings (SSSR count). The Morgan fingerprint density at radius 3 is 1.50 bits per heavy atom. The van der Waals surface area contributed by atoms with Crippen molar-refractivity contribution in [2.24, 2.45) is 17.6 Å². The predicted molar refractivity (Wildman–Crippen MR) is 281 cm³/mol. The summed E-state index contributed by atoms with van der Waals surface area (Å²) in [6, 6.07) is 7.05. The second-order valence-electron chi connectivity index (χ2n) is 18.5. The minimum Gasteiger partial charge on any atom is -0.481 e. The third-order valence-electron chi connectivity index (χ3n) is 11.4. The van der Waals surface area contributed by atoms with E-state index in [1.807, 2.05) is 44.2 Å². The number of nitrogens with two attached hydrogens (primary N) is 1. The predicted octanol–water partition coefficient (Wildman–Crippen LogP) is -0.153. The zero-order valence-corrected chi connectivity index (χ0v) is 44.6. The van der Waals surface area contributed by atoms with E-state index in [0.29, 0.717) is 17.1 Å². The van der Waals surface area contributed by atoms with Crippen LogP contribution in [0, 0.1) is 11.8 Å². The molecule has 0 aromatic heterocycles. The van der Waals surface area contributed by atoms with Gasteiger partial charge in [-0.1, -0.05) is 88.4 Å². The molecular weight excluding hydrogens is 999 g/mol. The molecular formula is C50H75N9O13S2. The summed E-state index contributed by atoms with van der Waals surface area (Å²) in [6.45, 7) is 7.46. The number of rotatable bonds is 34. The summed E-state index contributed by atoms with van der Waals surface area (Å²) in [6.07, 6.45) is 1.40. The van der Waals surface area contributed by atoms with Gasteiger partial charge in [-0.25, -0.2) is 4.79 Å². The smallest absolute Gasteiger partial charge is 0.326 e. The van der Waals surface area contributed by atoms with Crippen LogP contribution in [0.25, 0.3) is 0 Å². The lowest BCUT2D eigenvalue weighted by Crippen LogP contribution is -2.60. The summed E-state index contributed by atoms with van der Waals surface area (Å²) in [4.78, 5) is 132. The summed E-state index contributed by atoms with van der Waals surface area (Å²) < 4.78 is 0. The van der Waals surface area contributed by atoms with Crippen molar-refractivity contribution in [2.45, 2.75) is 134 Å². The Hall–Kier alpha value is -6.24. The van der Waals surface area contributed by atoms with Gasteiger partial charge in [0.15, 0.2) is 0 Å². The third kappa shape index (κ3) is 23.7. The lowest BCUT2D eigenvalue weighted by Gasteiger charge is -2.28. The number of carboxylic acid groups (broad SMARTS) is 2. The van der Waals surface area contributed by atoms with Gasteiger partial charge in [0.05, 0.1) is 18.7 Å². The van der Waals surface area contributed by atoms with Crippen LogP contribution in [-0.2, 0) is 60.8 Å². The van der Waals surface area contributed by atoms with Crippen molar-refractivity contribution in [2.75, 3.05) is 30.6 Å². The molecule has 0 radical (unpaired) electrons. The van der Waals surface area contributed by atoms with Crippen molar-refractivity contribution in [3.8, 4) is 0 Å². The number of thioether (sulfide) groups is 2. The Morgan fingerprint density at radius 2 is 0.986 bits per heavy atom. The lowest BCUT2D eigenvalue weighted by atomic mass is 9.98. The number of hydrogen-bond donors (Lipinski definition) is 12. The Morgan fingerprint density at radius 1 is 0.527 bits per heavy atom. The highest BCUT2D eigenvalue weighted by Gasteiger charge is 2.35. The van der Waals surface area contributed by atoms with E-state index in [4.69, 9.17) is 5.73 Å². The summed E-state index contributed by atoms with van der Waals surface area (Å²) in [5, 5.41) is 49.8. The van der Waals surface area contributed by atoms with Crippen molar-refractivity contribution in [3.05, 3.63) is 71.8 Å². The van der Waals surface area contributed by atoms with Crippen LogP contribution >= 0.6 is 23.5 Å². The number of carbonyl (C=O) groups excluding carboxylic acids is 8. The lowest BCUT2D eigenvalue weighted by molar-refractivity contribution is -0.143. The Labute approximate surface area is 440 Å². The molecule has 24 heteroatoms. The van der Waals surface area contributed by atoms with Crippen molar-refractivity contribution in [1.29, 1.82) is 0 Å². The second-order valence-corrected chi connectivity index (χ2v) is 20.5. The Kier molecular flexibility index (Phi) is 29.0. The molecule has 0 saturated carbocycles. The van der Waals surface area contributed by atoms with Crippen LogP contribution in [0.3, 0.4) is 0 Å². The first-order valence-corrected chi connectivity index (χ1v) is 27.1. The summed E-state index contributed by atoms with van der Waals surface area (Å²) in [5.41, 5.74) is 7.60. The van der Waals surface area contributed by atoms with Crippen LogP contribution in [0.15, 0.2) is 60.7 Å². The molecule has 0 saturated heterocycles. The molecule has 0 spiro atoms. The number of aliphatic hydroxyl groups excluding tert-OH is 1. The zero-order chi connectivity index (χ0) is 55.5. The van der Waals surface area contributed by atoms with Crippen molar-refractivity contribution < 1.29 is 63.3 Å². The molecule has 0 fully saturated rings. The number of benzene rings is 2. The van der Waals surface area contributed by atoms with Gasteiger partial charge in [-0.3, -0.25) is 43.2 Å². The SMILES string of the molecule is CSCC[C@H](NC(=O)[C@@H](NC(=O)[C@H](Cc1ccccc1)NC(=O)CNC(=O)[C@H](CCSC)NC(=O)[C@H](CCC(=O)O)NC(=O)[C@@H](NC(=O)[C@H](CC(C)C)NC(=O)[C@@H](N)Cc1ccccc1)C(C)C)[C@@H](C)O)C(=O)O. The largest absolute Gasteiger partial charge is 0.481 e. The van der Waals surface area contributed by atoms with Crippen LogP contribution in [0.5, 0.6) is 0 Å². The number of aliphatic carboxylic acids is 2. The van der Waals surface area contributed by atoms with Crippen molar-refractivity contribution in [3.63, 3.8) is 0 Å². The molecule has 9 atom stereocenters. The van der Waals surface area contributed by atoms with Crippen LogP contribution < -0.4 is 48.3 Å². The first kappa shape index (κ1) is 63.9. The van der Waals surface area contributed by atoms with Gasteiger partial charge in [-0.15, -0.1) is 0 Å². The van der Waals surface area contributed by atoms with Gasteiger partial charge >= 0.3 is 11.9 Å². The Balaban J connectivity index is 2.26. The van der Waals surface area contributed by atoms with E-state index in [2.05, 4.69) is 42.5 Å². The van der Waals surface area contributed by atoms with Crippen molar-refractivity contribution in [1.82, 2.24) is 42.5 Å². The molecule has 410 valence electrons. The fourth-order valence-electron chi connectivity index (χ4n) is 7.31. The maximum absolute atomic E-state index is 13.9. The maximum atomic E-state index is 13.9. The Bertz CT molecular complexity index is 2170. The number of aliphatic hydroxyl groups is 1. The quantitative estimate of drug-likeness (QED) is 0.0434. The van der Waals surface area contributed by atoms with Gasteiger partial charge in [0.2, 0.25) is 47.3 Å². The highest BCUT2D eigenvalue weighted by Crippen LogP contribution is 2.12. The van der Waals surface area contributed by atoms with E-state index in [0.717, 1.165) is 5.56 Å². The van der Waals surface area contributed by atoms with Gasteiger partial charge in [-0.05, 0) is 86.0 Å². The number of carboxylic acids is 2. The monoisotopic (exact) mass is 1070 g/mol. The average molecular weight is 1070 g/mol. The molecule has 74 heavy (non-hydrogen) atoms. The first-order valence-electron chi connectivity index (χ1n) is 24.3. The number of amides is 8. The van der Waals surface area contributed by atoms with E-state index in [1.165, 1.54) is 30.4 Å². The van der Waals surface area contributed by atoms with E-state index in [-0.39, 0.29) is 38.0 Å². The van der Waals surface area contributed by atoms with Gasteiger partial charge in [0.1, 0.15) is 42.3 Å². The molecule has 0 aliphatic heterocycles. The van der Waals surface area contributed by atoms with Gasteiger partial charge in [0.25, 0.3) is 0 Å². The van der Waals surface area contributed by atoms with E-state index in [1.54, 1.807) is 56.7 Å². The molecule has 2 aromatic rings. The van der Waals surface area contributed by atoms with E-state index < -0.39 is 139 Å². The summed E-state index contributed by atoms with van der Waals surface area (Å²) in [7, 11) is 0. The zero-order valence-electron chi connectivity index (χ0n) is 43.0. The number of hydrogen-bond acceptors (Lipinski definition) is 14. The maximum Gasteiger partial charge on any atom is 0.326 e. The molecule has 0 bridgehead atoms. The van der Waals surface area contributed by atoms with Gasteiger partial charge in [0, 0.05) is 12.8 Å². The van der Waals surface area contributed by atoms with Crippen molar-refractivity contribution >= 4 is 82.7 Å². The van der Waals surface area contributed by atoms with Gasteiger partial charge < -0.3 is 63.6 Å². The first-order chi connectivity index (χ1) is 35.0. The average Bonchev–Trinajstić information content (AvgIpc) is 3.34. The highest BCUT2D eigenvalue weighted by atomic mass is 32.2. The molecule has 22 nitrogen and oxygen atoms in total. The topological polar surface area (TPSA) is 354 Å². The fraction of sp³-hybridized carbons (Fsp3) is 0.560. The summed E-state index contributed by atoms with van der Waals surface area (Å²) in [5.74, 6) is -9.18. The van der Waals surface area contributed by atoms with Crippen LogP contribution in [0.2, 0.25) is 0 Å². The second kappa shape index (κ2) is 33.6. The van der Waals surface area contributed by atoms with Crippen LogP contribution in [0.4, 0.5) is 0 Å². The fourth-order valence-corrected chi connectivity index (χ4v) is 8.26.